The maximum absolute atomic E-state index is 14.0. The molecular weight excluding hydrogens is 534 g/mol. The minimum atomic E-state index is -0.808. The number of hydrogen-bond donors (Lipinski definition) is 1. The van der Waals surface area contributed by atoms with Crippen LogP contribution in [0.5, 0.6) is 5.75 Å². The zero-order valence-electron chi connectivity index (χ0n) is 21.7. The average Bonchev–Trinajstić information content (AvgIpc) is 3.44. The summed E-state index contributed by atoms with van der Waals surface area (Å²) < 4.78 is 40.1. The molecule has 1 atom stereocenters. The molecule has 1 aliphatic rings. The van der Waals surface area contributed by atoms with Gasteiger partial charge >= 0.3 is 5.97 Å². The number of hydrogen-bond acceptors (Lipinski definition) is 8. The topological polar surface area (TPSA) is 95.3 Å². The number of esters is 1. The molecule has 3 aromatic rings. The third-order valence-corrected chi connectivity index (χ3v) is 8.10. The molecule has 4 rings (SSSR count). The molecule has 0 bridgehead atoms. The lowest BCUT2D eigenvalue weighted by atomic mass is 9.95. The van der Waals surface area contributed by atoms with E-state index in [-0.39, 0.29) is 23.5 Å². The van der Waals surface area contributed by atoms with Gasteiger partial charge in [0.15, 0.2) is 28.7 Å². The van der Waals surface area contributed by atoms with Crippen LogP contribution >= 0.6 is 23.1 Å². The normalized spacial score (nSPS) is 13.8. The number of aryl methyl sites for hydroxylation is 1. The number of aromatic nitrogens is 3. The molecule has 38 heavy (non-hydrogen) atoms. The highest BCUT2D eigenvalue weighted by Crippen LogP contribution is 2.39. The van der Waals surface area contributed by atoms with Gasteiger partial charge in [0, 0.05) is 17.5 Å². The highest BCUT2D eigenvalue weighted by atomic mass is 32.2. The van der Waals surface area contributed by atoms with E-state index >= 15 is 0 Å². The van der Waals surface area contributed by atoms with E-state index in [0.717, 1.165) is 48.3 Å². The fourth-order valence-corrected chi connectivity index (χ4v) is 6.36. The van der Waals surface area contributed by atoms with Gasteiger partial charge in [0.1, 0.15) is 10.8 Å². The summed E-state index contributed by atoms with van der Waals surface area (Å²) in [5, 5.41) is 12.3. The van der Waals surface area contributed by atoms with Crippen LogP contribution in [0.3, 0.4) is 0 Å². The Morgan fingerprint density at radius 3 is 2.66 bits per heavy atom. The Bertz CT molecular complexity index is 1320. The van der Waals surface area contributed by atoms with Gasteiger partial charge in [-0.1, -0.05) is 11.8 Å². The van der Waals surface area contributed by atoms with Crippen LogP contribution < -0.4 is 10.1 Å². The van der Waals surface area contributed by atoms with Gasteiger partial charge in [-0.2, -0.15) is 0 Å². The maximum Gasteiger partial charge on any atom is 0.341 e. The number of nitrogens with one attached hydrogen (secondary N) is 1. The first-order valence-corrected chi connectivity index (χ1v) is 14.3. The van der Waals surface area contributed by atoms with Crippen molar-refractivity contribution in [2.24, 2.45) is 0 Å². The third kappa shape index (κ3) is 6.35. The number of ether oxygens (including phenoxy) is 2. The zero-order valence-corrected chi connectivity index (χ0v) is 23.3. The second-order valence-corrected chi connectivity index (χ2v) is 11.2. The Balaban J connectivity index is 1.44. The van der Waals surface area contributed by atoms with Crippen LogP contribution in [0.15, 0.2) is 23.4 Å². The van der Waals surface area contributed by atoms with E-state index in [1.54, 1.807) is 25.3 Å². The smallest absolute Gasteiger partial charge is 0.341 e. The number of nitrogens with zero attached hydrogens (tertiary/aromatic N) is 3. The molecule has 0 saturated heterocycles. The van der Waals surface area contributed by atoms with Crippen LogP contribution in [-0.2, 0) is 28.9 Å². The summed E-state index contributed by atoms with van der Waals surface area (Å²) in [7, 11) is 0. The SMILES string of the molecule is CCn1c(SCC(=O)Nc2sc3c(c2C(=O)OC(C)C)CCCC3)nnc1C(C)Oc1ccc(F)cc1F. The lowest BCUT2D eigenvalue weighted by Crippen LogP contribution is -2.19. The molecule has 1 aromatic carbocycles. The standard InChI is InChI=1S/C26H30F2N4O4S2/c1-5-32-23(15(4)36-19-11-10-16(27)12-18(19)28)30-31-26(32)37-13-21(33)29-24-22(25(34)35-14(2)3)17-8-6-7-9-20(17)38-24/h10-12,14-15H,5-9,13H2,1-4H3,(H,29,33). The molecule has 0 saturated carbocycles. The molecule has 0 radical (unpaired) electrons. The van der Waals surface area contributed by atoms with Gasteiger partial charge in [0.25, 0.3) is 0 Å². The van der Waals surface area contributed by atoms with E-state index < -0.39 is 23.7 Å². The molecule has 0 spiro atoms. The second-order valence-electron chi connectivity index (χ2n) is 9.13. The van der Waals surface area contributed by atoms with Gasteiger partial charge in [-0.15, -0.1) is 21.5 Å². The molecule has 1 amide bonds. The first kappa shape index (κ1) is 28.0. The Hall–Kier alpha value is -2.99. The monoisotopic (exact) mass is 564 g/mol. The summed E-state index contributed by atoms with van der Waals surface area (Å²) in [4.78, 5) is 26.9. The van der Waals surface area contributed by atoms with Crippen molar-refractivity contribution in [3.63, 3.8) is 0 Å². The quantitative estimate of drug-likeness (QED) is 0.240. The Labute approximate surface area is 228 Å². The first-order chi connectivity index (χ1) is 18.2. The van der Waals surface area contributed by atoms with E-state index in [0.29, 0.717) is 28.1 Å². The number of fused-ring (bicyclic) bond motifs is 1. The summed E-state index contributed by atoms with van der Waals surface area (Å²) in [6.07, 6.45) is 2.81. The van der Waals surface area contributed by atoms with Crippen molar-refractivity contribution >= 4 is 40.0 Å². The molecule has 12 heteroatoms. The Morgan fingerprint density at radius 2 is 1.95 bits per heavy atom. The molecule has 204 valence electrons. The molecule has 0 fully saturated rings. The van der Waals surface area contributed by atoms with Gasteiger partial charge < -0.3 is 19.4 Å². The van der Waals surface area contributed by atoms with Crippen LogP contribution in [0, 0.1) is 11.6 Å². The van der Waals surface area contributed by atoms with Crippen molar-refractivity contribution in [1.82, 2.24) is 14.8 Å². The number of benzene rings is 1. The van der Waals surface area contributed by atoms with Crippen molar-refractivity contribution in [2.75, 3.05) is 11.1 Å². The number of amides is 1. The Kier molecular flexibility index (Phi) is 9.03. The predicted octanol–water partition coefficient (Wildman–Crippen LogP) is 5.95. The van der Waals surface area contributed by atoms with Crippen LogP contribution in [0.4, 0.5) is 13.8 Å². The largest absolute Gasteiger partial charge is 0.480 e. The summed E-state index contributed by atoms with van der Waals surface area (Å²) >= 11 is 2.64. The number of thiophene rings is 1. The molecule has 8 nitrogen and oxygen atoms in total. The fourth-order valence-electron chi connectivity index (χ4n) is 4.25. The molecular formula is C26H30F2N4O4S2. The Morgan fingerprint density at radius 1 is 1.18 bits per heavy atom. The fraction of sp³-hybridized carbons (Fsp3) is 0.462. The number of thioether (sulfide) groups is 1. The van der Waals surface area contributed by atoms with Crippen molar-refractivity contribution < 1.29 is 27.8 Å². The minimum absolute atomic E-state index is 0.0429. The van der Waals surface area contributed by atoms with Crippen LogP contribution in [0.25, 0.3) is 0 Å². The molecule has 2 heterocycles. The highest BCUT2D eigenvalue weighted by Gasteiger charge is 2.28. The van der Waals surface area contributed by atoms with E-state index in [1.807, 2.05) is 6.92 Å². The minimum Gasteiger partial charge on any atom is -0.480 e. The van der Waals surface area contributed by atoms with Gasteiger partial charge in [0.05, 0.1) is 17.4 Å². The molecule has 2 aromatic heterocycles. The van der Waals surface area contributed by atoms with Crippen LogP contribution in [-0.4, -0.2) is 38.5 Å². The van der Waals surface area contributed by atoms with E-state index in [9.17, 15) is 18.4 Å². The number of halogens is 2. The lowest BCUT2D eigenvalue weighted by molar-refractivity contribution is -0.113. The summed E-state index contributed by atoms with van der Waals surface area (Å²) in [6.45, 7) is 7.67. The van der Waals surface area contributed by atoms with Crippen molar-refractivity contribution in [1.29, 1.82) is 0 Å². The van der Waals surface area contributed by atoms with E-state index in [4.69, 9.17) is 9.47 Å². The second kappa shape index (κ2) is 12.2. The third-order valence-electron chi connectivity index (χ3n) is 5.93. The first-order valence-electron chi connectivity index (χ1n) is 12.5. The number of anilines is 1. The predicted molar refractivity (Wildman–Crippen MR) is 142 cm³/mol. The maximum atomic E-state index is 14.0. The van der Waals surface area contributed by atoms with Crippen LogP contribution in [0.1, 0.15) is 73.3 Å². The molecule has 1 unspecified atom stereocenters. The summed E-state index contributed by atoms with van der Waals surface area (Å²) in [5.74, 6) is -1.80. The van der Waals surface area contributed by atoms with E-state index in [1.165, 1.54) is 29.2 Å². The zero-order chi connectivity index (χ0) is 27.4. The molecule has 1 N–H and O–H groups in total. The van der Waals surface area contributed by atoms with Crippen molar-refractivity contribution in [2.45, 2.75) is 77.3 Å². The van der Waals surface area contributed by atoms with Crippen LogP contribution in [0.2, 0.25) is 0 Å². The molecule has 0 aliphatic heterocycles. The van der Waals surface area contributed by atoms with E-state index in [2.05, 4.69) is 15.5 Å². The highest BCUT2D eigenvalue weighted by molar-refractivity contribution is 7.99. The number of carbonyl (C=O) groups is 2. The lowest BCUT2D eigenvalue weighted by Gasteiger charge is -2.16. The van der Waals surface area contributed by atoms with Gasteiger partial charge in [0.2, 0.25) is 5.91 Å². The summed E-state index contributed by atoms with van der Waals surface area (Å²) in [5.41, 5.74) is 1.45. The average molecular weight is 565 g/mol. The number of carbonyl (C=O) groups excluding carboxylic acids is 2. The van der Waals surface area contributed by atoms with Crippen molar-refractivity contribution in [3.05, 3.63) is 51.7 Å². The number of rotatable bonds is 10. The van der Waals surface area contributed by atoms with Gasteiger partial charge in [-0.3, -0.25) is 4.79 Å². The molecule has 1 aliphatic carbocycles. The van der Waals surface area contributed by atoms with Gasteiger partial charge in [-0.05, 0) is 71.1 Å². The van der Waals surface area contributed by atoms with Crippen molar-refractivity contribution in [3.8, 4) is 5.75 Å². The summed E-state index contributed by atoms with van der Waals surface area (Å²) in [6, 6.07) is 3.10. The van der Waals surface area contributed by atoms with Gasteiger partial charge in [-0.25, -0.2) is 13.6 Å².